The summed E-state index contributed by atoms with van der Waals surface area (Å²) in [5, 5.41) is 0. The maximum Gasteiger partial charge on any atom is 0.179 e. The van der Waals surface area contributed by atoms with Crippen LogP contribution in [-0.2, 0) is 13.0 Å². The lowest BCUT2D eigenvalue weighted by Crippen LogP contribution is -2.09. The maximum atomic E-state index is 12.3. The first-order valence-corrected chi connectivity index (χ1v) is 7.44. The molecule has 0 saturated heterocycles. The molecule has 2 rings (SSSR count). The van der Waals surface area contributed by atoms with Crippen molar-refractivity contribution in [1.29, 1.82) is 0 Å². The number of benzene rings is 1. The zero-order valence-electron chi connectivity index (χ0n) is 12.4. The first-order valence-electron chi connectivity index (χ1n) is 7.44. The second-order valence-corrected chi connectivity index (χ2v) is 5.35. The molecule has 0 fully saturated rings. The Morgan fingerprint density at radius 2 is 2.05 bits per heavy atom. The van der Waals surface area contributed by atoms with Crippen molar-refractivity contribution >= 4 is 5.78 Å². The molecule has 0 unspecified atom stereocenters. The van der Waals surface area contributed by atoms with E-state index in [0.717, 1.165) is 31.5 Å². The Labute approximate surface area is 121 Å². The van der Waals surface area contributed by atoms with Crippen molar-refractivity contribution in [2.45, 2.75) is 46.1 Å². The number of aromatic nitrogens is 1. The summed E-state index contributed by atoms with van der Waals surface area (Å²) in [6, 6.07) is 12.3. The number of aryl methyl sites for hydroxylation is 3. The van der Waals surface area contributed by atoms with Crippen LogP contribution in [0, 0.1) is 6.92 Å². The van der Waals surface area contributed by atoms with E-state index >= 15 is 0 Å². The van der Waals surface area contributed by atoms with Gasteiger partial charge in [-0.05, 0) is 37.5 Å². The first-order chi connectivity index (χ1) is 9.70. The number of Topliss-reactive ketones (excluding diaryl/α,β-unsaturated/α-hetero) is 1. The van der Waals surface area contributed by atoms with Crippen molar-refractivity contribution in [1.82, 2.24) is 4.57 Å². The Morgan fingerprint density at radius 1 is 1.20 bits per heavy atom. The topological polar surface area (TPSA) is 22.0 Å². The van der Waals surface area contributed by atoms with Crippen molar-refractivity contribution in [2.75, 3.05) is 0 Å². The van der Waals surface area contributed by atoms with E-state index in [4.69, 9.17) is 0 Å². The van der Waals surface area contributed by atoms with Crippen LogP contribution in [0.3, 0.4) is 0 Å². The van der Waals surface area contributed by atoms with E-state index in [9.17, 15) is 4.79 Å². The standard InChI is InChI=1S/C18H23NO/c1-3-4-12-19-13-6-9-17(19)18(20)11-10-16-8-5-7-15(2)14-16/h5-9,13-14H,3-4,10-12H2,1-2H3. The van der Waals surface area contributed by atoms with Gasteiger partial charge in [0.2, 0.25) is 0 Å². The Bertz CT molecular complexity index is 568. The molecular formula is C18H23NO. The second kappa shape index (κ2) is 7.09. The molecule has 1 aromatic carbocycles. The molecule has 0 radical (unpaired) electrons. The second-order valence-electron chi connectivity index (χ2n) is 5.35. The highest BCUT2D eigenvalue weighted by Crippen LogP contribution is 2.12. The summed E-state index contributed by atoms with van der Waals surface area (Å²) in [6.07, 6.45) is 5.68. The largest absolute Gasteiger partial charge is 0.345 e. The van der Waals surface area contributed by atoms with E-state index in [1.54, 1.807) is 0 Å². The third-order valence-corrected chi connectivity index (χ3v) is 3.59. The van der Waals surface area contributed by atoms with Crippen LogP contribution in [0.4, 0.5) is 0 Å². The Balaban J connectivity index is 1.96. The molecule has 0 N–H and O–H groups in total. The molecule has 2 aromatic rings. The monoisotopic (exact) mass is 269 g/mol. The molecule has 2 heteroatoms. The minimum atomic E-state index is 0.243. The minimum absolute atomic E-state index is 0.243. The molecule has 0 aliphatic heterocycles. The van der Waals surface area contributed by atoms with Crippen molar-refractivity contribution in [3.63, 3.8) is 0 Å². The molecule has 20 heavy (non-hydrogen) atoms. The zero-order valence-corrected chi connectivity index (χ0v) is 12.4. The summed E-state index contributed by atoms with van der Waals surface area (Å²) in [4.78, 5) is 12.3. The third-order valence-electron chi connectivity index (χ3n) is 3.59. The van der Waals surface area contributed by atoms with Crippen LogP contribution in [0.25, 0.3) is 0 Å². The molecule has 0 saturated carbocycles. The number of hydrogen-bond acceptors (Lipinski definition) is 1. The third kappa shape index (κ3) is 3.83. The van der Waals surface area contributed by atoms with Gasteiger partial charge >= 0.3 is 0 Å². The molecule has 2 nitrogen and oxygen atoms in total. The number of unbranched alkanes of at least 4 members (excludes halogenated alkanes) is 1. The van der Waals surface area contributed by atoms with Crippen molar-refractivity contribution in [3.8, 4) is 0 Å². The van der Waals surface area contributed by atoms with Gasteiger partial charge in [0.05, 0.1) is 5.69 Å². The number of ketones is 1. The smallest absolute Gasteiger partial charge is 0.179 e. The van der Waals surface area contributed by atoms with E-state index in [1.807, 2.05) is 18.3 Å². The minimum Gasteiger partial charge on any atom is -0.345 e. The molecule has 0 aliphatic carbocycles. The summed E-state index contributed by atoms with van der Waals surface area (Å²) in [6.45, 7) is 5.19. The van der Waals surface area contributed by atoms with Gasteiger partial charge in [0.15, 0.2) is 5.78 Å². The molecule has 0 atom stereocenters. The van der Waals surface area contributed by atoms with Crippen molar-refractivity contribution in [2.24, 2.45) is 0 Å². The summed E-state index contributed by atoms with van der Waals surface area (Å²) in [7, 11) is 0. The highest BCUT2D eigenvalue weighted by molar-refractivity contribution is 5.94. The Morgan fingerprint density at radius 3 is 2.80 bits per heavy atom. The van der Waals surface area contributed by atoms with Gasteiger partial charge in [-0.3, -0.25) is 4.79 Å². The van der Waals surface area contributed by atoms with Crippen LogP contribution in [0.1, 0.15) is 47.8 Å². The van der Waals surface area contributed by atoms with Gasteiger partial charge in [0, 0.05) is 19.2 Å². The van der Waals surface area contributed by atoms with E-state index < -0.39 is 0 Å². The first kappa shape index (κ1) is 14.6. The summed E-state index contributed by atoms with van der Waals surface area (Å²) in [5.41, 5.74) is 3.34. The van der Waals surface area contributed by atoms with Crippen LogP contribution in [-0.4, -0.2) is 10.4 Å². The van der Waals surface area contributed by atoms with Crippen LogP contribution in [0.5, 0.6) is 0 Å². The maximum absolute atomic E-state index is 12.3. The summed E-state index contributed by atoms with van der Waals surface area (Å²) in [5.74, 6) is 0.243. The molecule has 0 amide bonds. The van der Waals surface area contributed by atoms with E-state index in [2.05, 4.69) is 42.7 Å². The average Bonchev–Trinajstić information content (AvgIpc) is 2.91. The number of nitrogens with zero attached hydrogens (tertiary/aromatic N) is 1. The summed E-state index contributed by atoms with van der Waals surface area (Å²) >= 11 is 0. The lowest BCUT2D eigenvalue weighted by Gasteiger charge is -2.08. The lowest BCUT2D eigenvalue weighted by atomic mass is 10.0. The van der Waals surface area contributed by atoms with E-state index in [-0.39, 0.29) is 5.78 Å². The molecule has 106 valence electrons. The molecule has 1 heterocycles. The number of hydrogen-bond donors (Lipinski definition) is 0. The lowest BCUT2D eigenvalue weighted by molar-refractivity contribution is 0.0973. The van der Waals surface area contributed by atoms with Gasteiger partial charge < -0.3 is 4.57 Å². The van der Waals surface area contributed by atoms with Crippen LogP contribution in [0.2, 0.25) is 0 Å². The van der Waals surface area contributed by atoms with Crippen LogP contribution in [0.15, 0.2) is 42.6 Å². The van der Waals surface area contributed by atoms with Crippen LogP contribution < -0.4 is 0 Å². The Hall–Kier alpha value is -1.83. The number of carbonyl (C=O) groups is 1. The highest BCUT2D eigenvalue weighted by Gasteiger charge is 2.10. The number of rotatable bonds is 7. The number of carbonyl (C=O) groups excluding carboxylic acids is 1. The van der Waals surface area contributed by atoms with Gasteiger partial charge in [0.1, 0.15) is 0 Å². The van der Waals surface area contributed by atoms with Crippen molar-refractivity contribution in [3.05, 3.63) is 59.4 Å². The average molecular weight is 269 g/mol. The zero-order chi connectivity index (χ0) is 14.4. The van der Waals surface area contributed by atoms with Crippen molar-refractivity contribution < 1.29 is 4.79 Å². The van der Waals surface area contributed by atoms with Gasteiger partial charge in [-0.25, -0.2) is 0 Å². The fourth-order valence-electron chi connectivity index (χ4n) is 2.44. The van der Waals surface area contributed by atoms with E-state index in [1.165, 1.54) is 11.1 Å². The highest BCUT2D eigenvalue weighted by atomic mass is 16.1. The van der Waals surface area contributed by atoms with Crippen LogP contribution >= 0.6 is 0 Å². The molecular weight excluding hydrogens is 246 g/mol. The fraction of sp³-hybridized carbons (Fsp3) is 0.389. The molecule has 1 aromatic heterocycles. The normalized spacial score (nSPS) is 10.7. The molecule has 0 aliphatic rings. The predicted octanol–water partition coefficient (Wildman–Crippen LogP) is 4.41. The molecule has 0 bridgehead atoms. The van der Waals surface area contributed by atoms with Gasteiger partial charge in [0.25, 0.3) is 0 Å². The van der Waals surface area contributed by atoms with E-state index in [0.29, 0.717) is 6.42 Å². The molecule has 0 spiro atoms. The Kier molecular flexibility index (Phi) is 5.16. The quantitative estimate of drug-likeness (QED) is 0.682. The SMILES string of the molecule is CCCCn1cccc1C(=O)CCc1cccc(C)c1. The van der Waals surface area contributed by atoms with Gasteiger partial charge in [-0.2, -0.15) is 0 Å². The van der Waals surface area contributed by atoms with Gasteiger partial charge in [-0.15, -0.1) is 0 Å². The van der Waals surface area contributed by atoms with Gasteiger partial charge in [-0.1, -0.05) is 43.2 Å². The fourth-order valence-corrected chi connectivity index (χ4v) is 2.44. The predicted molar refractivity (Wildman–Crippen MR) is 83.2 cm³/mol. The summed E-state index contributed by atoms with van der Waals surface area (Å²) < 4.78 is 2.09.